The van der Waals surface area contributed by atoms with Crippen LogP contribution in [-0.2, 0) is 6.42 Å². The van der Waals surface area contributed by atoms with E-state index in [0.717, 1.165) is 40.3 Å². The van der Waals surface area contributed by atoms with Crippen LogP contribution in [0.5, 0.6) is 0 Å². The molecule has 1 aliphatic heterocycles. The lowest BCUT2D eigenvalue weighted by Crippen LogP contribution is -2.14. The van der Waals surface area contributed by atoms with Gasteiger partial charge in [-0.05, 0) is 39.7 Å². The van der Waals surface area contributed by atoms with Gasteiger partial charge in [-0.3, -0.25) is 9.41 Å². The van der Waals surface area contributed by atoms with Gasteiger partial charge in [-0.1, -0.05) is 6.07 Å². The van der Waals surface area contributed by atoms with Gasteiger partial charge in [-0.2, -0.15) is 10.2 Å². The molecule has 4 aromatic heterocycles. The van der Waals surface area contributed by atoms with Crippen LogP contribution in [0.15, 0.2) is 52.6 Å². The van der Waals surface area contributed by atoms with Gasteiger partial charge in [0.15, 0.2) is 5.65 Å². The average molecular weight is 410 g/mol. The minimum Gasteiger partial charge on any atom is -0.299 e. The third-order valence-electron chi connectivity index (χ3n) is 4.65. The maximum absolute atomic E-state index is 4.83. The molecule has 5 rings (SSSR count). The second-order valence-electron chi connectivity index (χ2n) is 6.51. The molecule has 4 aromatic rings. The molecular weight excluding hydrogens is 394 g/mol. The summed E-state index contributed by atoms with van der Waals surface area (Å²) in [4.78, 5) is 8.83. The molecule has 0 N–H and O–H groups in total. The highest BCUT2D eigenvalue weighted by atomic mass is 79.9. The van der Waals surface area contributed by atoms with Crippen molar-refractivity contribution < 1.29 is 0 Å². The van der Waals surface area contributed by atoms with Crippen LogP contribution in [-0.4, -0.2) is 48.8 Å². The van der Waals surface area contributed by atoms with Crippen molar-refractivity contribution in [1.82, 2.24) is 29.0 Å². The van der Waals surface area contributed by atoms with E-state index in [4.69, 9.17) is 5.10 Å². The average Bonchev–Trinajstić information content (AvgIpc) is 3.35. The number of hydrazone groups is 1. The quantitative estimate of drug-likeness (QED) is 0.521. The molecule has 8 heteroatoms. The Morgan fingerprint density at radius 2 is 1.96 bits per heavy atom. The molecule has 5 heterocycles. The Balaban J connectivity index is 1.51. The Labute approximate surface area is 158 Å². The molecule has 0 spiro atoms. The fourth-order valence-electron chi connectivity index (χ4n) is 3.30. The summed E-state index contributed by atoms with van der Waals surface area (Å²) in [5, 5.41) is 11.1. The number of hydrogen-bond donors (Lipinski definition) is 0. The first-order chi connectivity index (χ1) is 12.7. The van der Waals surface area contributed by atoms with Gasteiger partial charge in [-0.15, -0.1) is 0 Å². The number of hydrogen-bond acceptors (Lipinski definition) is 5. The molecule has 1 aliphatic rings. The summed E-state index contributed by atoms with van der Waals surface area (Å²) >= 11 is 3.53. The maximum atomic E-state index is 4.83. The van der Waals surface area contributed by atoms with Crippen molar-refractivity contribution in [2.75, 3.05) is 13.6 Å². The molecule has 130 valence electrons. The number of nitrogens with zero attached hydrogens (tertiary/aromatic N) is 7. The molecule has 0 aliphatic carbocycles. The number of rotatable bonds is 3. The fourth-order valence-corrected chi connectivity index (χ4v) is 3.69. The Bertz CT molecular complexity index is 1140. The summed E-state index contributed by atoms with van der Waals surface area (Å²) in [7, 11) is 1.97. The van der Waals surface area contributed by atoms with E-state index >= 15 is 0 Å². The number of fused-ring (bicyclic) bond motifs is 2. The van der Waals surface area contributed by atoms with Crippen molar-refractivity contribution in [1.29, 1.82) is 0 Å². The fraction of sp³-hybridized carbons (Fsp3) is 0.222. The highest BCUT2D eigenvalue weighted by molar-refractivity contribution is 9.10. The van der Waals surface area contributed by atoms with E-state index in [1.54, 1.807) is 6.20 Å². The molecule has 0 fully saturated rings. The van der Waals surface area contributed by atoms with Gasteiger partial charge in [0.1, 0.15) is 10.3 Å². The van der Waals surface area contributed by atoms with Gasteiger partial charge >= 0.3 is 0 Å². The van der Waals surface area contributed by atoms with Crippen LogP contribution in [0.4, 0.5) is 0 Å². The number of aromatic nitrogens is 5. The van der Waals surface area contributed by atoms with Crippen molar-refractivity contribution in [2.24, 2.45) is 5.10 Å². The van der Waals surface area contributed by atoms with Crippen LogP contribution in [0, 0.1) is 0 Å². The molecule has 1 unspecified atom stereocenters. The minimum absolute atomic E-state index is 0.220. The predicted molar refractivity (Wildman–Crippen MR) is 103 cm³/mol. The van der Waals surface area contributed by atoms with Gasteiger partial charge in [-0.25, -0.2) is 14.5 Å². The van der Waals surface area contributed by atoms with E-state index in [1.807, 2.05) is 51.6 Å². The summed E-state index contributed by atoms with van der Waals surface area (Å²) in [6.45, 7) is 0.855. The molecule has 0 saturated carbocycles. The van der Waals surface area contributed by atoms with Crippen LogP contribution in [0.2, 0.25) is 0 Å². The maximum Gasteiger partial charge on any atom is 0.153 e. The van der Waals surface area contributed by atoms with Gasteiger partial charge in [0.25, 0.3) is 0 Å². The molecule has 0 amide bonds. The SMILES string of the molecule is CN1CC(c2ccc3ncc(Cc4ccc5ncc(Br)n5c4)n3n2)C=N1. The molecule has 0 radical (unpaired) electrons. The standard InChI is InChI=1S/C18H16BrN7/c1-24-11-13(7-22-24)15-3-5-18-20-8-14(26(18)23-15)6-12-2-4-17-21-9-16(19)25(17)10-12/h2-5,7-10,13H,6,11H2,1H3. The van der Waals surface area contributed by atoms with Crippen LogP contribution < -0.4 is 0 Å². The molecule has 7 nitrogen and oxygen atoms in total. The first-order valence-corrected chi connectivity index (χ1v) is 9.17. The number of pyridine rings is 1. The van der Waals surface area contributed by atoms with Crippen molar-refractivity contribution in [3.63, 3.8) is 0 Å². The lowest BCUT2D eigenvalue weighted by molar-refractivity contribution is 0.379. The molecule has 0 bridgehead atoms. The Morgan fingerprint density at radius 3 is 2.81 bits per heavy atom. The van der Waals surface area contributed by atoms with Crippen LogP contribution in [0.25, 0.3) is 11.3 Å². The zero-order chi connectivity index (χ0) is 17.7. The zero-order valence-corrected chi connectivity index (χ0v) is 15.7. The Kier molecular flexibility index (Phi) is 3.53. The largest absolute Gasteiger partial charge is 0.299 e. The van der Waals surface area contributed by atoms with Crippen molar-refractivity contribution >= 4 is 33.4 Å². The summed E-state index contributed by atoms with van der Waals surface area (Å²) < 4.78 is 4.91. The van der Waals surface area contributed by atoms with Crippen LogP contribution >= 0.6 is 15.9 Å². The zero-order valence-electron chi connectivity index (χ0n) is 14.1. The molecule has 0 saturated heterocycles. The minimum atomic E-state index is 0.220. The Morgan fingerprint density at radius 1 is 1.12 bits per heavy atom. The molecule has 0 aromatic carbocycles. The van der Waals surface area contributed by atoms with Gasteiger partial charge in [0, 0.05) is 32.4 Å². The van der Waals surface area contributed by atoms with E-state index in [9.17, 15) is 0 Å². The lowest BCUT2D eigenvalue weighted by Gasteiger charge is -2.10. The highest BCUT2D eigenvalue weighted by Crippen LogP contribution is 2.20. The van der Waals surface area contributed by atoms with Gasteiger partial charge < -0.3 is 0 Å². The third kappa shape index (κ3) is 2.57. The number of likely N-dealkylation sites (N-methyl/N-ethyl adjacent to an activating group) is 1. The van der Waals surface area contributed by atoms with Gasteiger partial charge in [0.05, 0.1) is 29.7 Å². The van der Waals surface area contributed by atoms with Crippen LogP contribution in [0.3, 0.4) is 0 Å². The topological polar surface area (TPSA) is 63.1 Å². The highest BCUT2D eigenvalue weighted by Gasteiger charge is 2.19. The Hall–Kier alpha value is -2.74. The van der Waals surface area contributed by atoms with E-state index in [2.05, 4.69) is 43.3 Å². The van der Waals surface area contributed by atoms with Crippen molar-refractivity contribution in [2.45, 2.75) is 12.3 Å². The molecule has 26 heavy (non-hydrogen) atoms. The van der Waals surface area contributed by atoms with E-state index < -0.39 is 0 Å². The van der Waals surface area contributed by atoms with Crippen molar-refractivity contribution in [3.05, 3.63) is 64.4 Å². The normalized spacial score (nSPS) is 17.0. The lowest BCUT2D eigenvalue weighted by atomic mass is 10.1. The number of imidazole rings is 2. The summed E-state index contributed by atoms with van der Waals surface area (Å²) in [5.41, 5.74) is 5.02. The van der Waals surface area contributed by atoms with E-state index in [-0.39, 0.29) is 5.92 Å². The summed E-state index contributed by atoms with van der Waals surface area (Å²) in [6, 6.07) is 8.17. The monoisotopic (exact) mass is 409 g/mol. The second kappa shape index (κ2) is 5.91. The smallest absolute Gasteiger partial charge is 0.153 e. The van der Waals surface area contributed by atoms with Gasteiger partial charge in [0.2, 0.25) is 0 Å². The van der Waals surface area contributed by atoms with Crippen molar-refractivity contribution in [3.8, 4) is 0 Å². The molecular formula is C18H16BrN7. The van der Waals surface area contributed by atoms with E-state index in [0.29, 0.717) is 0 Å². The van der Waals surface area contributed by atoms with Crippen LogP contribution in [0.1, 0.15) is 22.9 Å². The first-order valence-electron chi connectivity index (χ1n) is 8.38. The molecule has 1 atom stereocenters. The third-order valence-corrected chi connectivity index (χ3v) is 5.23. The number of halogens is 1. The first kappa shape index (κ1) is 15.5. The summed E-state index contributed by atoms with van der Waals surface area (Å²) in [6.07, 6.45) is 8.50. The van der Waals surface area contributed by atoms with E-state index in [1.165, 1.54) is 5.56 Å². The predicted octanol–water partition coefficient (Wildman–Crippen LogP) is 2.75. The second-order valence-corrected chi connectivity index (χ2v) is 7.32. The summed E-state index contributed by atoms with van der Waals surface area (Å²) in [5.74, 6) is 0.220.